The van der Waals surface area contributed by atoms with Crippen LogP contribution in [0.5, 0.6) is 5.75 Å². The highest BCUT2D eigenvalue weighted by Crippen LogP contribution is 2.26. The predicted molar refractivity (Wildman–Crippen MR) is 106 cm³/mol. The van der Waals surface area contributed by atoms with E-state index >= 15 is 0 Å². The van der Waals surface area contributed by atoms with Crippen LogP contribution in [-0.4, -0.2) is 16.6 Å². The molecule has 0 atom stereocenters. The lowest BCUT2D eigenvalue weighted by Crippen LogP contribution is -2.01. The van der Waals surface area contributed by atoms with Crippen LogP contribution >= 0.6 is 0 Å². The Labute approximate surface area is 157 Å². The molecule has 3 nitrogen and oxygen atoms in total. The summed E-state index contributed by atoms with van der Waals surface area (Å²) < 4.78 is 19.4. The largest absolute Gasteiger partial charge is 0.493 e. The molecule has 0 bridgehead atoms. The van der Waals surface area contributed by atoms with Crippen molar-refractivity contribution in [1.82, 2.24) is 9.97 Å². The summed E-state index contributed by atoms with van der Waals surface area (Å²) in [7, 11) is 0. The maximum absolute atomic E-state index is 13.4. The van der Waals surface area contributed by atoms with Crippen molar-refractivity contribution in [3.05, 3.63) is 90.5 Å². The Morgan fingerprint density at radius 2 is 1.93 bits per heavy atom. The van der Waals surface area contributed by atoms with Gasteiger partial charge in [-0.25, -0.2) is 4.39 Å². The zero-order valence-corrected chi connectivity index (χ0v) is 15.1. The molecule has 27 heavy (non-hydrogen) atoms. The summed E-state index contributed by atoms with van der Waals surface area (Å²) in [6.07, 6.45) is 6.39. The summed E-state index contributed by atoms with van der Waals surface area (Å²) in [6.45, 7) is 2.54. The highest BCUT2D eigenvalue weighted by Gasteiger charge is 2.05. The second-order valence-electron chi connectivity index (χ2n) is 6.57. The molecule has 1 N–H and O–H groups in total. The number of fused-ring (bicyclic) bond motifs is 1. The first-order valence-corrected chi connectivity index (χ1v) is 8.92. The van der Waals surface area contributed by atoms with Gasteiger partial charge in [0.2, 0.25) is 0 Å². The summed E-state index contributed by atoms with van der Waals surface area (Å²) in [5.41, 5.74) is 5.00. The number of H-pyrrole nitrogens is 1. The Morgan fingerprint density at radius 3 is 2.81 bits per heavy atom. The van der Waals surface area contributed by atoms with E-state index in [-0.39, 0.29) is 5.82 Å². The van der Waals surface area contributed by atoms with Crippen LogP contribution in [-0.2, 0) is 6.42 Å². The molecule has 0 aliphatic carbocycles. The molecule has 0 amide bonds. The summed E-state index contributed by atoms with van der Waals surface area (Å²) in [4.78, 5) is 7.60. The topological polar surface area (TPSA) is 37.9 Å². The van der Waals surface area contributed by atoms with E-state index in [2.05, 4.69) is 22.5 Å². The van der Waals surface area contributed by atoms with Crippen molar-refractivity contribution < 1.29 is 9.13 Å². The van der Waals surface area contributed by atoms with E-state index < -0.39 is 0 Å². The average Bonchev–Trinajstić information content (AvgIpc) is 3.06. The molecule has 0 unspecified atom stereocenters. The number of halogens is 1. The monoisotopic (exact) mass is 359 g/mol. The lowest BCUT2D eigenvalue weighted by Gasteiger charge is -2.08. The second kappa shape index (κ2) is 7.62. The lowest BCUT2D eigenvalue weighted by molar-refractivity contribution is 0.350. The molecule has 2 aromatic heterocycles. The maximum atomic E-state index is 13.4. The first kappa shape index (κ1) is 17.3. The molecule has 0 saturated heterocycles. The SMILES string of the molecule is Cc1cc2c(OC[CH]Cc3cncc(-c4cccc(F)c4)c3)cccc2[nH]1. The molecule has 0 fully saturated rings. The van der Waals surface area contributed by atoms with Gasteiger partial charge in [0.25, 0.3) is 0 Å². The Bertz CT molecular complexity index is 1070. The number of rotatable bonds is 6. The molecule has 0 saturated carbocycles. The first-order chi connectivity index (χ1) is 13.2. The number of aromatic amines is 1. The van der Waals surface area contributed by atoms with Gasteiger partial charge in [-0.1, -0.05) is 18.2 Å². The molecule has 4 heteroatoms. The van der Waals surface area contributed by atoms with E-state index in [0.717, 1.165) is 45.5 Å². The van der Waals surface area contributed by atoms with E-state index in [4.69, 9.17) is 4.74 Å². The first-order valence-electron chi connectivity index (χ1n) is 8.92. The number of nitrogens with zero attached hydrogens (tertiary/aromatic N) is 1. The third-order valence-corrected chi connectivity index (χ3v) is 4.45. The second-order valence-corrected chi connectivity index (χ2v) is 6.57. The molecule has 0 spiro atoms. The van der Waals surface area contributed by atoms with Crippen molar-refractivity contribution in [2.75, 3.05) is 6.61 Å². The van der Waals surface area contributed by atoms with Crippen LogP contribution < -0.4 is 4.74 Å². The zero-order valence-electron chi connectivity index (χ0n) is 15.1. The highest BCUT2D eigenvalue weighted by atomic mass is 19.1. The number of aromatic nitrogens is 2. The molecule has 0 aliphatic rings. The Balaban J connectivity index is 1.38. The van der Waals surface area contributed by atoms with Gasteiger partial charge in [0.1, 0.15) is 11.6 Å². The minimum absolute atomic E-state index is 0.243. The number of ether oxygens (including phenoxy) is 1. The fourth-order valence-electron chi connectivity index (χ4n) is 3.19. The van der Waals surface area contributed by atoms with Gasteiger partial charge in [-0.3, -0.25) is 4.98 Å². The third-order valence-electron chi connectivity index (χ3n) is 4.45. The highest BCUT2D eigenvalue weighted by molar-refractivity contribution is 5.86. The van der Waals surface area contributed by atoms with Gasteiger partial charge in [0.15, 0.2) is 0 Å². The molecule has 2 heterocycles. The summed E-state index contributed by atoms with van der Waals surface area (Å²) in [5, 5.41) is 1.10. The third kappa shape index (κ3) is 4.00. The minimum Gasteiger partial charge on any atom is -0.493 e. The smallest absolute Gasteiger partial charge is 0.128 e. The van der Waals surface area contributed by atoms with Gasteiger partial charge >= 0.3 is 0 Å². The summed E-state index contributed by atoms with van der Waals surface area (Å²) in [5.74, 6) is 0.631. The quantitative estimate of drug-likeness (QED) is 0.461. The number of aryl methyl sites for hydroxylation is 1. The number of pyridine rings is 1. The molecule has 0 aliphatic heterocycles. The minimum atomic E-state index is -0.243. The van der Waals surface area contributed by atoms with Crippen LogP contribution in [0.3, 0.4) is 0 Å². The van der Waals surface area contributed by atoms with Crippen molar-refractivity contribution in [3.63, 3.8) is 0 Å². The number of hydrogen-bond donors (Lipinski definition) is 1. The Morgan fingerprint density at radius 1 is 1.04 bits per heavy atom. The van der Waals surface area contributed by atoms with Gasteiger partial charge in [0.05, 0.1) is 6.61 Å². The van der Waals surface area contributed by atoms with Crippen molar-refractivity contribution in [2.24, 2.45) is 0 Å². The maximum Gasteiger partial charge on any atom is 0.128 e. The molecular weight excluding hydrogens is 339 g/mol. The van der Waals surface area contributed by atoms with Crippen LogP contribution in [0.4, 0.5) is 4.39 Å². The summed E-state index contributed by atoms with van der Waals surface area (Å²) >= 11 is 0. The van der Waals surface area contributed by atoms with E-state index in [9.17, 15) is 4.39 Å². The fourth-order valence-corrected chi connectivity index (χ4v) is 3.19. The molecule has 1 radical (unpaired) electrons. The van der Waals surface area contributed by atoms with Crippen LogP contribution in [0.15, 0.2) is 67.0 Å². The molecular formula is C23H20FN2O. The van der Waals surface area contributed by atoms with Crippen molar-refractivity contribution >= 4 is 10.9 Å². The number of hydrogen-bond acceptors (Lipinski definition) is 2. The van der Waals surface area contributed by atoms with Gasteiger partial charge in [0, 0.05) is 41.0 Å². The van der Waals surface area contributed by atoms with E-state index in [1.54, 1.807) is 12.3 Å². The van der Waals surface area contributed by atoms with Crippen molar-refractivity contribution in [3.8, 4) is 16.9 Å². The normalized spacial score (nSPS) is 11.0. The van der Waals surface area contributed by atoms with Crippen molar-refractivity contribution in [1.29, 1.82) is 0 Å². The Hall–Kier alpha value is -3.14. The molecule has 4 rings (SSSR count). The predicted octanol–water partition coefficient (Wildman–Crippen LogP) is 5.50. The summed E-state index contributed by atoms with van der Waals surface area (Å²) in [6, 6.07) is 16.7. The van der Waals surface area contributed by atoms with Crippen molar-refractivity contribution in [2.45, 2.75) is 13.3 Å². The van der Waals surface area contributed by atoms with Crippen LogP contribution in [0.1, 0.15) is 11.3 Å². The molecule has 4 aromatic rings. The van der Waals surface area contributed by atoms with Gasteiger partial charge in [-0.2, -0.15) is 0 Å². The molecule has 2 aromatic carbocycles. The van der Waals surface area contributed by atoms with Gasteiger partial charge in [-0.15, -0.1) is 0 Å². The number of nitrogens with one attached hydrogen (secondary N) is 1. The van der Waals surface area contributed by atoms with Crippen LogP contribution in [0.25, 0.3) is 22.0 Å². The van der Waals surface area contributed by atoms with E-state index in [1.807, 2.05) is 43.5 Å². The average molecular weight is 359 g/mol. The van der Waals surface area contributed by atoms with E-state index in [0.29, 0.717) is 6.61 Å². The zero-order chi connectivity index (χ0) is 18.6. The van der Waals surface area contributed by atoms with Crippen LogP contribution in [0, 0.1) is 19.2 Å². The Kier molecular flexibility index (Phi) is 4.88. The standard InChI is InChI=1S/C23H20FN2O/c1-16-11-21-22(26-16)8-3-9-23(21)27-10-4-5-17-12-19(15-25-14-17)18-6-2-7-20(24)13-18/h2-4,6-9,11-15,26H,5,10H2,1H3. The molecule has 135 valence electrons. The van der Waals surface area contributed by atoms with Crippen LogP contribution in [0.2, 0.25) is 0 Å². The van der Waals surface area contributed by atoms with Gasteiger partial charge in [-0.05, 0) is 60.9 Å². The van der Waals surface area contributed by atoms with E-state index in [1.165, 1.54) is 12.1 Å². The lowest BCUT2D eigenvalue weighted by atomic mass is 10.0. The number of benzene rings is 2. The van der Waals surface area contributed by atoms with Gasteiger partial charge < -0.3 is 9.72 Å². The fraction of sp³-hybridized carbons (Fsp3) is 0.130.